The van der Waals surface area contributed by atoms with Crippen molar-refractivity contribution < 1.29 is 14.7 Å². The molecule has 0 saturated heterocycles. The Bertz CT molecular complexity index is 1470. The largest absolute Gasteiger partial charge is 0.481 e. The van der Waals surface area contributed by atoms with E-state index in [0.717, 1.165) is 43.3 Å². The van der Waals surface area contributed by atoms with Gasteiger partial charge in [0, 0.05) is 33.2 Å². The number of aliphatic carboxylic acids is 1. The molecule has 5 nitrogen and oxygen atoms in total. The van der Waals surface area contributed by atoms with E-state index < -0.39 is 11.4 Å². The number of amides is 1. The van der Waals surface area contributed by atoms with Gasteiger partial charge in [-0.05, 0) is 86.2 Å². The SMILES string of the molecule is Cc1c(C)n(Cc2ccc(C3(C(=O)O)CC3)cc2)c2ccc(C(=O)NC(C)c3ccc(Br)cc3)cc12. The number of carboxylic acids is 1. The fraction of sp³-hybridized carbons (Fsp3) is 0.267. The van der Waals surface area contributed by atoms with E-state index in [4.69, 9.17) is 0 Å². The smallest absolute Gasteiger partial charge is 0.314 e. The van der Waals surface area contributed by atoms with Crippen LogP contribution in [0.3, 0.4) is 0 Å². The number of benzene rings is 3. The van der Waals surface area contributed by atoms with Gasteiger partial charge < -0.3 is 15.0 Å². The molecule has 0 spiro atoms. The number of carbonyl (C=O) groups excluding carboxylic acids is 1. The maximum Gasteiger partial charge on any atom is 0.314 e. The van der Waals surface area contributed by atoms with E-state index in [-0.39, 0.29) is 11.9 Å². The van der Waals surface area contributed by atoms with Crippen molar-refractivity contribution in [2.24, 2.45) is 0 Å². The molecular formula is C30H29BrN2O3. The Morgan fingerprint density at radius 1 is 1.03 bits per heavy atom. The van der Waals surface area contributed by atoms with Crippen LogP contribution in [0.15, 0.2) is 71.2 Å². The number of aryl methyl sites for hydroxylation is 1. The summed E-state index contributed by atoms with van der Waals surface area (Å²) >= 11 is 3.45. The van der Waals surface area contributed by atoms with Crippen LogP contribution >= 0.6 is 15.9 Å². The predicted octanol–water partition coefficient (Wildman–Crippen LogP) is 6.68. The number of hydrogen-bond donors (Lipinski definition) is 2. The van der Waals surface area contributed by atoms with Gasteiger partial charge in [0.15, 0.2) is 0 Å². The number of carbonyl (C=O) groups is 2. The first kappa shape index (κ1) is 24.3. The Balaban J connectivity index is 1.37. The summed E-state index contributed by atoms with van der Waals surface area (Å²) in [4.78, 5) is 24.7. The lowest BCUT2D eigenvalue weighted by atomic mass is 9.95. The molecule has 1 aromatic heterocycles. The molecule has 0 bridgehead atoms. The fourth-order valence-corrected chi connectivity index (χ4v) is 5.24. The molecule has 4 aromatic rings. The molecule has 6 heteroatoms. The minimum atomic E-state index is -0.732. The quantitative estimate of drug-likeness (QED) is 0.272. The van der Waals surface area contributed by atoms with Crippen LogP contribution in [0, 0.1) is 13.8 Å². The van der Waals surface area contributed by atoms with Gasteiger partial charge in [0.05, 0.1) is 11.5 Å². The molecule has 1 saturated carbocycles. The van der Waals surface area contributed by atoms with Gasteiger partial charge in [-0.25, -0.2) is 0 Å². The second kappa shape index (κ2) is 9.25. The van der Waals surface area contributed by atoms with Gasteiger partial charge in [0.2, 0.25) is 0 Å². The first-order chi connectivity index (χ1) is 17.2. The molecule has 1 aliphatic carbocycles. The Morgan fingerprint density at radius 3 is 2.31 bits per heavy atom. The highest BCUT2D eigenvalue weighted by molar-refractivity contribution is 9.10. The highest BCUT2D eigenvalue weighted by atomic mass is 79.9. The van der Waals surface area contributed by atoms with Crippen molar-refractivity contribution in [3.8, 4) is 0 Å². The van der Waals surface area contributed by atoms with E-state index in [1.165, 1.54) is 0 Å². The van der Waals surface area contributed by atoms with E-state index >= 15 is 0 Å². The maximum absolute atomic E-state index is 13.0. The molecule has 184 valence electrons. The van der Waals surface area contributed by atoms with Crippen LogP contribution < -0.4 is 5.32 Å². The molecule has 3 aromatic carbocycles. The molecule has 5 rings (SSSR count). The number of nitrogens with one attached hydrogen (secondary N) is 1. The van der Waals surface area contributed by atoms with E-state index in [0.29, 0.717) is 24.9 Å². The number of rotatable bonds is 7. The summed E-state index contributed by atoms with van der Waals surface area (Å²) < 4.78 is 3.27. The summed E-state index contributed by atoms with van der Waals surface area (Å²) in [7, 11) is 0. The molecule has 0 aliphatic heterocycles. The number of fused-ring (bicyclic) bond motifs is 1. The highest BCUT2D eigenvalue weighted by Gasteiger charge is 2.51. The molecule has 1 amide bonds. The van der Waals surface area contributed by atoms with Gasteiger partial charge in [-0.3, -0.25) is 9.59 Å². The van der Waals surface area contributed by atoms with Crippen molar-refractivity contribution in [2.75, 3.05) is 0 Å². The molecule has 2 N–H and O–H groups in total. The molecule has 36 heavy (non-hydrogen) atoms. The van der Waals surface area contributed by atoms with Gasteiger partial charge in [0.1, 0.15) is 0 Å². The lowest BCUT2D eigenvalue weighted by Crippen LogP contribution is -2.26. The minimum Gasteiger partial charge on any atom is -0.481 e. The number of carboxylic acid groups (broad SMARTS) is 1. The predicted molar refractivity (Wildman–Crippen MR) is 146 cm³/mol. The molecule has 1 heterocycles. The van der Waals surface area contributed by atoms with Crippen LogP contribution in [0.1, 0.15) is 64.1 Å². The molecule has 1 atom stereocenters. The van der Waals surface area contributed by atoms with Gasteiger partial charge >= 0.3 is 5.97 Å². The van der Waals surface area contributed by atoms with Crippen LogP contribution in [-0.2, 0) is 16.8 Å². The Kier molecular flexibility index (Phi) is 6.25. The highest BCUT2D eigenvalue weighted by Crippen LogP contribution is 2.48. The standard InChI is InChI=1S/C30H29BrN2O3/c1-18-20(3)33(17-21-4-9-24(10-5-21)30(14-15-30)29(35)36)27-13-8-23(16-26(18)27)28(34)32-19(2)22-6-11-25(31)12-7-22/h4-13,16,19H,14-15,17H2,1-3H3,(H,32,34)(H,35,36). The summed E-state index contributed by atoms with van der Waals surface area (Å²) in [5, 5.41) is 13.7. The number of halogens is 1. The number of aromatic nitrogens is 1. The summed E-state index contributed by atoms with van der Waals surface area (Å²) in [6.45, 7) is 6.86. The van der Waals surface area contributed by atoms with E-state index in [1.54, 1.807) is 0 Å². The summed E-state index contributed by atoms with van der Waals surface area (Å²) in [6, 6.07) is 21.7. The van der Waals surface area contributed by atoms with E-state index in [1.807, 2.05) is 73.7 Å². The minimum absolute atomic E-state index is 0.0971. The van der Waals surface area contributed by atoms with Crippen molar-refractivity contribution >= 4 is 38.7 Å². The third-order valence-corrected chi connectivity index (χ3v) is 8.15. The summed E-state index contributed by atoms with van der Waals surface area (Å²) in [5.41, 5.74) is 6.39. The van der Waals surface area contributed by atoms with Crippen LogP contribution in [-0.4, -0.2) is 21.6 Å². The third kappa shape index (κ3) is 4.35. The first-order valence-electron chi connectivity index (χ1n) is 12.2. The van der Waals surface area contributed by atoms with Gasteiger partial charge in [-0.1, -0.05) is 52.3 Å². The zero-order valence-electron chi connectivity index (χ0n) is 20.6. The maximum atomic E-state index is 13.0. The van der Waals surface area contributed by atoms with Crippen LogP contribution in [0.4, 0.5) is 0 Å². The molecule has 1 aliphatic rings. The summed E-state index contributed by atoms with van der Waals surface area (Å²) in [5.74, 6) is -0.829. The number of hydrogen-bond acceptors (Lipinski definition) is 2. The van der Waals surface area contributed by atoms with Crippen molar-refractivity contribution in [3.05, 3.63) is 105 Å². The third-order valence-electron chi connectivity index (χ3n) is 7.63. The Labute approximate surface area is 219 Å². The second-order valence-corrected chi connectivity index (χ2v) is 10.8. The Morgan fingerprint density at radius 2 is 1.69 bits per heavy atom. The normalized spacial score (nSPS) is 15.0. The molecule has 0 radical (unpaired) electrons. The van der Waals surface area contributed by atoms with Gasteiger partial charge in [-0.15, -0.1) is 0 Å². The fourth-order valence-electron chi connectivity index (χ4n) is 4.97. The first-order valence-corrected chi connectivity index (χ1v) is 13.0. The number of nitrogens with zero attached hydrogens (tertiary/aromatic N) is 1. The van der Waals surface area contributed by atoms with Crippen LogP contribution in [0.2, 0.25) is 0 Å². The van der Waals surface area contributed by atoms with Crippen LogP contribution in [0.25, 0.3) is 10.9 Å². The van der Waals surface area contributed by atoms with E-state index in [9.17, 15) is 14.7 Å². The van der Waals surface area contributed by atoms with Crippen molar-refractivity contribution in [3.63, 3.8) is 0 Å². The monoisotopic (exact) mass is 544 g/mol. The molecule has 1 unspecified atom stereocenters. The lowest BCUT2D eigenvalue weighted by molar-refractivity contribution is -0.140. The lowest BCUT2D eigenvalue weighted by Gasteiger charge is -2.15. The van der Waals surface area contributed by atoms with Crippen molar-refractivity contribution in [1.82, 2.24) is 9.88 Å². The zero-order chi connectivity index (χ0) is 25.6. The van der Waals surface area contributed by atoms with Crippen molar-refractivity contribution in [1.29, 1.82) is 0 Å². The molecule has 1 fully saturated rings. The average Bonchev–Trinajstić information content (AvgIpc) is 3.65. The summed E-state index contributed by atoms with van der Waals surface area (Å²) in [6.07, 6.45) is 1.42. The van der Waals surface area contributed by atoms with Crippen molar-refractivity contribution in [2.45, 2.75) is 51.6 Å². The second-order valence-electron chi connectivity index (χ2n) is 9.86. The molecular weight excluding hydrogens is 516 g/mol. The topological polar surface area (TPSA) is 71.3 Å². The van der Waals surface area contributed by atoms with Crippen LogP contribution in [0.5, 0.6) is 0 Å². The van der Waals surface area contributed by atoms with Gasteiger partial charge in [-0.2, -0.15) is 0 Å². The van der Waals surface area contributed by atoms with Gasteiger partial charge in [0.25, 0.3) is 5.91 Å². The van der Waals surface area contributed by atoms with E-state index in [2.05, 4.69) is 39.7 Å². The zero-order valence-corrected chi connectivity index (χ0v) is 22.2. The average molecular weight is 545 g/mol. The Hall–Kier alpha value is -3.38.